The molecule has 13 heteroatoms. The van der Waals surface area contributed by atoms with E-state index in [2.05, 4.69) is 15.4 Å². The van der Waals surface area contributed by atoms with Crippen molar-refractivity contribution in [2.24, 2.45) is 0 Å². The number of methoxy groups -OCH3 is 1. The zero-order valence-electron chi connectivity index (χ0n) is 24.6. The lowest BCUT2D eigenvalue weighted by molar-refractivity contribution is -0.137. The lowest BCUT2D eigenvalue weighted by Gasteiger charge is -2.15. The third kappa shape index (κ3) is 8.12. The molecular weight excluding hydrogens is 609 g/mol. The average molecular weight is 641 g/mol. The largest absolute Gasteiger partial charge is 0.495 e. The summed E-state index contributed by atoms with van der Waals surface area (Å²) in [5.41, 5.74) is 0.881. The van der Waals surface area contributed by atoms with Crippen LogP contribution in [0.1, 0.15) is 26.3 Å². The van der Waals surface area contributed by atoms with Crippen LogP contribution in [0.4, 0.5) is 24.5 Å². The molecule has 236 valence electrons. The molecule has 0 saturated heterocycles. The Morgan fingerprint density at radius 1 is 0.822 bits per heavy atom. The number of benzene rings is 4. The summed E-state index contributed by atoms with van der Waals surface area (Å²) in [6, 6.07) is 22.4. The van der Waals surface area contributed by atoms with Gasteiger partial charge in [-0.05, 0) is 65.7 Å². The van der Waals surface area contributed by atoms with E-state index < -0.39 is 33.2 Å². The second-order valence-electron chi connectivity index (χ2n) is 10.1. The van der Waals surface area contributed by atoms with Crippen LogP contribution in [-0.2, 0) is 16.2 Å². The molecule has 0 fully saturated rings. The summed E-state index contributed by atoms with van der Waals surface area (Å²) in [6.07, 6.45) is -4.66. The normalized spacial score (nSPS) is 11.4. The van der Waals surface area contributed by atoms with Crippen molar-refractivity contribution in [1.29, 1.82) is 0 Å². The van der Waals surface area contributed by atoms with Crippen molar-refractivity contribution < 1.29 is 35.9 Å². The number of anilines is 2. The Kier molecular flexibility index (Phi) is 10.0. The van der Waals surface area contributed by atoms with Crippen molar-refractivity contribution in [3.8, 4) is 16.9 Å². The highest BCUT2D eigenvalue weighted by Gasteiger charge is 2.34. The van der Waals surface area contributed by atoms with Gasteiger partial charge in [0.25, 0.3) is 21.8 Å². The molecule has 2 amide bonds. The first-order chi connectivity index (χ1) is 21.3. The van der Waals surface area contributed by atoms with Crippen LogP contribution in [-0.4, -0.2) is 59.4 Å². The van der Waals surface area contributed by atoms with Gasteiger partial charge < -0.3 is 20.3 Å². The summed E-state index contributed by atoms with van der Waals surface area (Å²) in [6.45, 7) is 0.160. The lowest BCUT2D eigenvalue weighted by atomic mass is 10.0. The van der Waals surface area contributed by atoms with E-state index in [-0.39, 0.29) is 35.3 Å². The molecule has 9 nitrogen and oxygen atoms in total. The first kappa shape index (κ1) is 32.9. The van der Waals surface area contributed by atoms with E-state index in [1.807, 2.05) is 0 Å². The Morgan fingerprint density at radius 3 is 2.22 bits per heavy atom. The van der Waals surface area contributed by atoms with Crippen molar-refractivity contribution in [1.82, 2.24) is 10.2 Å². The van der Waals surface area contributed by atoms with Crippen molar-refractivity contribution >= 4 is 33.2 Å². The van der Waals surface area contributed by atoms with Crippen LogP contribution in [0.3, 0.4) is 0 Å². The maximum absolute atomic E-state index is 13.5. The third-order valence-electron chi connectivity index (χ3n) is 6.63. The number of sulfonamides is 1. The molecule has 0 spiro atoms. The first-order valence-electron chi connectivity index (χ1n) is 13.6. The highest BCUT2D eigenvalue weighted by atomic mass is 32.2. The van der Waals surface area contributed by atoms with E-state index in [9.17, 15) is 31.2 Å². The number of hydrogen-bond acceptors (Lipinski definition) is 6. The van der Waals surface area contributed by atoms with Crippen LogP contribution in [0.2, 0.25) is 0 Å². The number of nitrogens with zero attached hydrogens (tertiary/aromatic N) is 1. The van der Waals surface area contributed by atoms with Crippen molar-refractivity contribution in [3.63, 3.8) is 0 Å². The van der Waals surface area contributed by atoms with E-state index in [1.54, 1.807) is 62.6 Å². The second kappa shape index (κ2) is 13.7. The number of hydrogen-bond donors (Lipinski definition) is 3. The number of carbonyl (C=O) groups is 2. The molecule has 45 heavy (non-hydrogen) atoms. The summed E-state index contributed by atoms with van der Waals surface area (Å²) in [5, 5.41) is 5.46. The molecule has 0 atom stereocenters. The summed E-state index contributed by atoms with van der Waals surface area (Å²) < 4.78 is 74.6. The number of halogens is 3. The number of rotatable bonds is 11. The molecule has 4 aromatic rings. The molecule has 0 radical (unpaired) electrons. The van der Waals surface area contributed by atoms with Gasteiger partial charge in [-0.15, -0.1) is 0 Å². The smallest absolute Gasteiger partial charge is 0.417 e. The number of carbonyl (C=O) groups excluding carboxylic acids is 2. The van der Waals surface area contributed by atoms with Gasteiger partial charge in [0, 0.05) is 38.4 Å². The maximum atomic E-state index is 13.5. The summed E-state index contributed by atoms with van der Waals surface area (Å²) in [5.74, 6) is -0.940. The minimum atomic E-state index is -4.66. The minimum absolute atomic E-state index is 0.00626. The zero-order valence-corrected chi connectivity index (χ0v) is 25.4. The summed E-state index contributed by atoms with van der Waals surface area (Å²) in [7, 11) is 0.487. The molecule has 0 aromatic heterocycles. The third-order valence-corrected chi connectivity index (χ3v) is 8.04. The van der Waals surface area contributed by atoms with Gasteiger partial charge in [-0.3, -0.25) is 14.3 Å². The van der Waals surface area contributed by atoms with Crippen LogP contribution < -0.4 is 20.1 Å². The molecule has 3 N–H and O–H groups in total. The predicted molar refractivity (Wildman–Crippen MR) is 166 cm³/mol. The molecule has 0 heterocycles. The van der Waals surface area contributed by atoms with E-state index in [0.29, 0.717) is 22.4 Å². The van der Waals surface area contributed by atoms with Crippen LogP contribution in [0.5, 0.6) is 5.75 Å². The molecule has 0 saturated carbocycles. The fourth-order valence-electron chi connectivity index (χ4n) is 4.47. The van der Waals surface area contributed by atoms with Crippen LogP contribution in [0.25, 0.3) is 11.1 Å². The quantitative estimate of drug-likeness (QED) is 0.181. The van der Waals surface area contributed by atoms with Gasteiger partial charge in [0.2, 0.25) is 0 Å². The Morgan fingerprint density at radius 2 is 1.51 bits per heavy atom. The first-order valence-corrected chi connectivity index (χ1v) is 15.1. The molecule has 4 rings (SSSR count). The molecule has 0 aliphatic carbocycles. The standard InChI is InChI=1S/C32H31F3N4O5S/c1-39(2)31(41)23-9-6-8-21(18-23)22-14-15-28(44-3)29(19-22)45(42,43)38-25-11-7-10-24(20-25)36-16-17-37-30(40)26-12-4-5-13-27(26)32(33,34)35/h4-15,18-20,36,38H,16-17H2,1-3H3,(H,37,40). The number of amides is 2. The molecule has 4 aromatic carbocycles. The highest BCUT2D eigenvalue weighted by Crippen LogP contribution is 2.33. The van der Waals surface area contributed by atoms with E-state index in [1.165, 1.54) is 42.3 Å². The molecule has 0 unspecified atom stereocenters. The second-order valence-corrected chi connectivity index (χ2v) is 11.7. The fraction of sp³-hybridized carbons (Fsp3) is 0.188. The molecule has 0 bridgehead atoms. The van der Waals surface area contributed by atoms with Gasteiger partial charge in [-0.1, -0.05) is 36.4 Å². The Bertz CT molecular complexity index is 1810. The number of nitrogens with one attached hydrogen (secondary N) is 3. The maximum Gasteiger partial charge on any atom is 0.417 e. The Balaban J connectivity index is 1.45. The van der Waals surface area contributed by atoms with Gasteiger partial charge in [0.15, 0.2) is 0 Å². The van der Waals surface area contributed by atoms with Crippen LogP contribution in [0, 0.1) is 0 Å². The Labute approximate surface area is 259 Å². The van der Waals surface area contributed by atoms with Gasteiger partial charge in [-0.25, -0.2) is 8.42 Å². The van der Waals surface area contributed by atoms with E-state index in [0.717, 1.165) is 12.1 Å². The zero-order chi connectivity index (χ0) is 32.8. The average Bonchev–Trinajstić information content (AvgIpc) is 3.02. The molecule has 0 aliphatic heterocycles. The Hall–Kier alpha value is -5.04. The van der Waals surface area contributed by atoms with Crippen molar-refractivity contribution in [2.45, 2.75) is 11.1 Å². The van der Waals surface area contributed by atoms with Gasteiger partial charge in [0.05, 0.1) is 23.9 Å². The summed E-state index contributed by atoms with van der Waals surface area (Å²) >= 11 is 0. The predicted octanol–water partition coefficient (Wildman–Crippen LogP) is 5.73. The van der Waals surface area contributed by atoms with Gasteiger partial charge >= 0.3 is 6.18 Å². The van der Waals surface area contributed by atoms with Crippen molar-refractivity contribution in [3.05, 3.63) is 108 Å². The number of alkyl halides is 3. The summed E-state index contributed by atoms with van der Waals surface area (Å²) in [4.78, 5) is 26.1. The van der Waals surface area contributed by atoms with E-state index in [4.69, 9.17) is 4.74 Å². The highest BCUT2D eigenvalue weighted by molar-refractivity contribution is 7.92. The topological polar surface area (TPSA) is 117 Å². The van der Waals surface area contributed by atoms with Crippen LogP contribution >= 0.6 is 0 Å². The number of ether oxygens (including phenoxy) is 1. The lowest BCUT2D eigenvalue weighted by Crippen LogP contribution is -2.30. The SMILES string of the molecule is COc1ccc(-c2cccc(C(=O)N(C)C)c2)cc1S(=O)(=O)Nc1cccc(NCCNC(=O)c2ccccc2C(F)(F)F)c1. The minimum Gasteiger partial charge on any atom is -0.495 e. The van der Waals surface area contributed by atoms with Crippen LogP contribution in [0.15, 0.2) is 95.9 Å². The van der Waals surface area contributed by atoms with E-state index >= 15 is 0 Å². The molecule has 0 aliphatic rings. The monoisotopic (exact) mass is 640 g/mol. The van der Waals surface area contributed by atoms with Gasteiger partial charge in [-0.2, -0.15) is 13.2 Å². The fourth-order valence-corrected chi connectivity index (χ4v) is 5.71. The van der Waals surface area contributed by atoms with Gasteiger partial charge in [0.1, 0.15) is 10.6 Å². The van der Waals surface area contributed by atoms with Crippen molar-refractivity contribution in [2.75, 3.05) is 44.3 Å². The molecular formula is C32H31F3N4O5S.